The smallest absolute Gasteiger partial charge is 0.320 e. The van der Waals surface area contributed by atoms with Crippen molar-refractivity contribution in [3.63, 3.8) is 0 Å². The van der Waals surface area contributed by atoms with Crippen molar-refractivity contribution in [2.45, 2.75) is 63.5 Å². The first-order valence-corrected chi connectivity index (χ1v) is 21.8. The van der Waals surface area contributed by atoms with Crippen LogP contribution in [0.2, 0.25) is 0 Å². The van der Waals surface area contributed by atoms with Gasteiger partial charge in [0.2, 0.25) is 5.91 Å². The summed E-state index contributed by atoms with van der Waals surface area (Å²) in [4.78, 5) is 69.5. The third kappa shape index (κ3) is 7.28. The molecule has 0 saturated carbocycles. The second-order valence-corrected chi connectivity index (χ2v) is 17.2. The molecule has 2 aromatic heterocycles. The van der Waals surface area contributed by atoms with Crippen LogP contribution in [0, 0.1) is 11.8 Å². The van der Waals surface area contributed by atoms with E-state index in [-0.39, 0.29) is 18.0 Å². The van der Waals surface area contributed by atoms with E-state index < -0.39 is 17.9 Å². The third-order valence-corrected chi connectivity index (χ3v) is 13.6. The Balaban J connectivity index is 0.716. The zero-order valence-corrected chi connectivity index (χ0v) is 34.6. The van der Waals surface area contributed by atoms with Crippen LogP contribution in [0.1, 0.15) is 78.1 Å². The molecule has 15 heteroatoms. The van der Waals surface area contributed by atoms with E-state index in [2.05, 4.69) is 26.8 Å². The largest absolute Gasteiger partial charge is 0.457 e. The lowest BCUT2D eigenvalue weighted by Crippen LogP contribution is -2.51. The second-order valence-electron chi connectivity index (χ2n) is 17.2. The number of ether oxygens (including phenoxy) is 1. The number of likely N-dealkylation sites (tertiary alicyclic amines) is 2. The highest BCUT2D eigenvalue weighted by Gasteiger charge is 2.44. The van der Waals surface area contributed by atoms with Gasteiger partial charge in [-0.2, -0.15) is 5.10 Å². The Kier molecular flexibility index (Phi) is 10.3. The maximum atomic E-state index is 13.8. The molecule has 10 rings (SSSR count). The number of benzene rings is 3. The molecule has 62 heavy (non-hydrogen) atoms. The summed E-state index contributed by atoms with van der Waals surface area (Å²) >= 11 is 0. The van der Waals surface area contributed by atoms with Gasteiger partial charge in [-0.3, -0.25) is 19.3 Å². The van der Waals surface area contributed by atoms with Crippen molar-refractivity contribution in [2.75, 3.05) is 49.9 Å². The molecule has 5 amide bonds. The van der Waals surface area contributed by atoms with Gasteiger partial charge in [0, 0.05) is 56.2 Å². The predicted molar refractivity (Wildman–Crippen MR) is 233 cm³/mol. The van der Waals surface area contributed by atoms with Gasteiger partial charge in [0.05, 0.1) is 22.6 Å². The lowest BCUT2D eigenvalue weighted by molar-refractivity contribution is -0.125. The van der Waals surface area contributed by atoms with Crippen LogP contribution < -0.4 is 20.7 Å². The number of carbonyl (C=O) groups is 4. The number of piperidine rings is 4. The average Bonchev–Trinajstić information content (AvgIpc) is 3.82. The Bertz CT molecular complexity index is 2550. The maximum Gasteiger partial charge on any atom is 0.320 e. The quantitative estimate of drug-likeness (QED) is 0.169. The molecule has 5 aliphatic rings. The SMILES string of the molecule is C=C1CCC(N2C(=O)c3ccc(N4CCC(C5CCN(C(=O)N6CCC(n7nc(-c8ccc(Oc9ccccc9)cc8)c8c(N)ncnc87)CC6)CC5)CC4)cc3C2=O)C(=O)N1. The number of fused-ring (bicyclic) bond motifs is 2. The fourth-order valence-electron chi connectivity index (χ4n) is 10.2. The number of imide groups is 1. The molecule has 4 saturated heterocycles. The minimum Gasteiger partial charge on any atom is -0.457 e. The Morgan fingerprint density at radius 1 is 0.742 bits per heavy atom. The van der Waals surface area contributed by atoms with Crippen molar-refractivity contribution in [3.05, 3.63) is 103 Å². The van der Waals surface area contributed by atoms with Crippen LogP contribution in [0.3, 0.4) is 0 Å². The fourth-order valence-corrected chi connectivity index (χ4v) is 10.2. The van der Waals surface area contributed by atoms with Crippen molar-refractivity contribution in [3.8, 4) is 22.8 Å². The summed E-state index contributed by atoms with van der Waals surface area (Å²) in [6.07, 6.45) is 7.94. The number of nitrogens with zero attached hydrogens (tertiary/aromatic N) is 8. The van der Waals surface area contributed by atoms with Gasteiger partial charge in [-0.25, -0.2) is 19.4 Å². The molecule has 3 N–H and O–H groups in total. The topological polar surface area (TPSA) is 172 Å². The minimum atomic E-state index is -0.821. The van der Waals surface area contributed by atoms with Gasteiger partial charge in [-0.1, -0.05) is 24.8 Å². The molecule has 0 aliphatic carbocycles. The predicted octanol–water partition coefficient (Wildman–Crippen LogP) is 6.64. The number of nitrogens with two attached hydrogens (primary N) is 1. The lowest BCUT2D eigenvalue weighted by Gasteiger charge is -2.42. The van der Waals surface area contributed by atoms with Crippen LogP contribution in [0.15, 0.2) is 91.4 Å². The van der Waals surface area contributed by atoms with Gasteiger partial charge in [-0.05, 0) is 118 Å². The van der Waals surface area contributed by atoms with Crippen molar-refractivity contribution in [2.24, 2.45) is 11.8 Å². The van der Waals surface area contributed by atoms with E-state index in [1.165, 1.54) is 6.33 Å². The van der Waals surface area contributed by atoms with Crippen molar-refractivity contribution < 1.29 is 23.9 Å². The van der Waals surface area contributed by atoms with Gasteiger partial charge in [0.1, 0.15) is 35.4 Å². The van der Waals surface area contributed by atoms with Crippen molar-refractivity contribution >= 4 is 46.3 Å². The second kappa shape index (κ2) is 16.3. The van der Waals surface area contributed by atoms with Crippen LogP contribution in [-0.2, 0) is 4.79 Å². The standard InChI is InChI=1S/C47H50N10O5/c1-29-7-14-39(44(58)51-29)56-45(59)37-13-10-34(27-38(37)46(56)60)53-21-15-30(16-22-53)31-17-23-54(24-18-31)47(61)55-25-19-33(20-26-55)57-43-40(42(48)49-28-50-43)41(52-57)32-8-11-36(12-9-32)62-35-5-3-2-4-6-35/h2-6,8-13,27-28,30-31,33,39H,1,7,14-26H2,(H,51,58)(H2,48,49,50). The normalized spacial score (nSPS) is 20.5. The Morgan fingerprint density at radius 3 is 2.08 bits per heavy atom. The van der Waals surface area contributed by atoms with Crippen LogP contribution in [-0.4, -0.2) is 104 Å². The van der Waals surface area contributed by atoms with Gasteiger partial charge < -0.3 is 30.5 Å². The number of urea groups is 1. The molecule has 1 atom stereocenters. The summed E-state index contributed by atoms with van der Waals surface area (Å²) in [6, 6.07) is 22.3. The molecule has 7 heterocycles. The van der Waals surface area contributed by atoms with E-state index in [9.17, 15) is 19.2 Å². The number of carbonyl (C=O) groups excluding carboxylic acids is 4. The highest BCUT2D eigenvalue weighted by Crippen LogP contribution is 2.38. The lowest BCUT2D eigenvalue weighted by atomic mass is 9.78. The minimum absolute atomic E-state index is 0.0577. The molecule has 15 nitrogen and oxygen atoms in total. The summed E-state index contributed by atoms with van der Waals surface area (Å²) in [7, 11) is 0. The van der Waals surface area contributed by atoms with Crippen LogP contribution in [0.4, 0.5) is 16.3 Å². The van der Waals surface area contributed by atoms with Gasteiger partial charge in [0.15, 0.2) is 5.65 Å². The number of hydrogen-bond donors (Lipinski definition) is 2. The number of hydrogen-bond acceptors (Lipinski definition) is 10. The Hall–Kier alpha value is -6.77. The van der Waals surface area contributed by atoms with E-state index in [1.807, 2.05) is 81.2 Å². The monoisotopic (exact) mass is 834 g/mol. The fraction of sp³-hybridized carbons (Fsp3) is 0.383. The van der Waals surface area contributed by atoms with Gasteiger partial charge in [-0.15, -0.1) is 0 Å². The number of nitrogen functional groups attached to an aromatic ring is 1. The zero-order valence-electron chi connectivity index (χ0n) is 34.6. The molecule has 1 unspecified atom stereocenters. The van der Waals surface area contributed by atoms with E-state index in [0.717, 1.165) is 103 Å². The van der Waals surface area contributed by atoms with Gasteiger partial charge >= 0.3 is 6.03 Å². The molecule has 0 spiro atoms. The summed E-state index contributed by atoms with van der Waals surface area (Å²) in [5.74, 6) is 1.81. The number of rotatable bonds is 7. The molecule has 0 radical (unpaired) electrons. The molecule has 4 fully saturated rings. The van der Waals surface area contributed by atoms with Crippen molar-refractivity contribution in [1.29, 1.82) is 0 Å². The number of nitrogens with one attached hydrogen (secondary N) is 1. The molecule has 5 aliphatic heterocycles. The van der Waals surface area contributed by atoms with E-state index in [1.54, 1.807) is 6.07 Å². The molecule has 0 bridgehead atoms. The summed E-state index contributed by atoms with van der Waals surface area (Å²) in [6.45, 7) is 8.31. The van der Waals surface area contributed by atoms with E-state index in [4.69, 9.17) is 15.6 Å². The van der Waals surface area contributed by atoms with Crippen molar-refractivity contribution in [1.82, 2.24) is 39.8 Å². The summed E-state index contributed by atoms with van der Waals surface area (Å²) in [5, 5.41) is 8.48. The number of allylic oxidation sites excluding steroid dienone is 1. The van der Waals surface area contributed by atoms with E-state index >= 15 is 0 Å². The third-order valence-electron chi connectivity index (χ3n) is 13.6. The zero-order chi connectivity index (χ0) is 42.5. The Morgan fingerprint density at radius 2 is 1.39 bits per heavy atom. The number of para-hydroxylation sites is 1. The summed E-state index contributed by atoms with van der Waals surface area (Å²) in [5.41, 5.74) is 11.0. The van der Waals surface area contributed by atoms with Gasteiger partial charge in [0.25, 0.3) is 11.8 Å². The molecule has 5 aromatic rings. The molecule has 3 aromatic carbocycles. The van der Waals surface area contributed by atoms with Crippen LogP contribution in [0.5, 0.6) is 11.5 Å². The highest BCUT2D eigenvalue weighted by molar-refractivity contribution is 6.23. The highest BCUT2D eigenvalue weighted by atomic mass is 16.5. The first kappa shape index (κ1) is 39.4. The van der Waals surface area contributed by atoms with Crippen LogP contribution >= 0.6 is 0 Å². The first-order valence-electron chi connectivity index (χ1n) is 21.8. The molecular weight excluding hydrogens is 785 g/mol. The Labute approximate surface area is 359 Å². The van der Waals surface area contributed by atoms with E-state index in [0.29, 0.717) is 66.1 Å². The average molecular weight is 835 g/mol. The first-order chi connectivity index (χ1) is 30.2. The van der Waals surface area contributed by atoms with Crippen LogP contribution in [0.25, 0.3) is 22.3 Å². The maximum absolute atomic E-state index is 13.8. The molecule has 318 valence electrons. The number of anilines is 2. The number of aromatic nitrogens is 4. The molecular formula is C47H50N10O5. The number of amides is 5. The summed E-state index contributed by atoms with van der Waals surface area (Å²) < 4.78 is 7.98.